The topological polar surface area (TPSA) is 85.8 Å². The highest BCUT2D eigenvalue weighted by atomic mass is 16.2. The van der Waals surface area contributed by atoms with E-state index in [1.165, 1.54) is 0 Å². The van der Waals surface area contributed by atoms with Gasteiger partial charge in [0.05, 0.1) is 17.4 Å². The molecule has 6 heteroatoms. The number of carbonyl (C=O) groups excluding carboxylic acids is 1. The summed E-state index contributed by atoms with van der Waals surface area (Å²) in [4.78, 5) is 16.4. The Morgan fingerprint density at radius 2 is 1.85 bits per heavy atom. The molecule has 1 atom stereocenters. The number of benzene rings is 1. The fraction of sp³-hybridized carbons (Fsp3) is 0.286. The number of pyridine rings is 1. The maximum Gasteiger partial charge on any atom is 0.237 e. The third kappa shape index (κ3) is 4.80. The van der Waals surface area contributed by atoms with Crippen molar-refractivity contribution in [2.75, 3.05) is 0 Å². The van der Waals surface area contributed by atoms with E-state index < -0.39 is 6.04 Å². The van der Waals surface area contributed by atoms with E-state index in [1.807, 2.05) is 53.3 Å². The summed E-state index contributed by atoms with van der Waals surface area (Å²) < 4.78 is 1.82. The van der Waals surface area contributed by atoms with Crippen LogP contribution in [0.3, 0.4) is 0 Å². The lowest BCUT2D eigenvalue weighted by Crippen LogP contribution is -2.41. The van der Waals surface area contributed by atoms with Gasteiger partial charge in [0.1, 0.15) is 0 Å². The molecule has 0 unspecified atom stereocenters. The van der Waals surface area contributed by atoms with Crippen LogP contribution in [0.15, 0.2) is 61.1 Å². The van der Waals surface area contributed by atoms with E-state index >= 15 is 0 Å². The first kappa shape index (κ1) is 18.8. The number of aromatic nitrogens is 3. The first-order chi connectivity index (χ1) is 13.0. The van der Waals surface area contributed by atoms with Crippen LogP contribution < -0.4 is 11.1 Å². The van der Waals surface area contributed by atoms with Crippen molar-refractivity contribution in [2.45, 2.75) is 32.9 Å². The van der Waals surface area contributed by atoms with Crippen LogP contribution in [0, 0.1) is 5.92 Å². The van der Waals surface area contributed by atoms with E-state index in [0.29, 0.717) is 18.9 Å². The number of amides is 1. The summed E-state index contributed by atoms with van der Waals surface area (Å²) in [6.07, 6.45) is 6.07. The molecule has 0 spiro atoms. The monoisotopic (exact) mass is 363 g/mol. The van der Waals surface area contributed by atoms with E-state index in [4.69, 9.17) is 10.8 Å². The number of hydrogen-bond donors (Lipinski definition) is 2. The maximum atomic E-state index is 12.3. The second-order valence-electron chi connectivity index (χ2n) is 6.97. The number of nitrogens with one attached hydrogen (secondary N) is 1. The van der Waals surface area contributed by atoms with E-state index in [0.717, 1.165) is 22.5 Å². The molecule has 1 amide bonds. The Bertz CT molecular complexity index is 874. The molecule has 0 saturated carbocycles. The van der Waals surface area contributed by atoms with Gasteiger partial charge >= 0.3 is 0 Å². The minimum Gasteiger partial charge on any atom is -0.351 e. The van der Waals surface area contributed by atoms with Gasteiger partial charge in [0.2, 0.25) is 5.91 Å². The Morgan fingerprint density at radius 1 is 1.15 bits per heavy atom. The van der Waals surface area contributed by atoms with Crippen molar-refractivity contribution in [3.8, 4) is 16.9 Å². The van der Waals surface area contributed by atoms with Crippen LogP contribution in [0.1, 0.15) is 25.8 Å². The molecule has 2 aromatic heterocycles. The number of nitrogens with zero attached hydrogens (tertiary/aromatic N) is 3. The quantitative estimate of drug-likeness (QED) is 0.676. The van der Waals surface area contributed by atoms with Crippen molar-refractivity contribution in [1.82, 2.24) is 20.1 Å². The standard InChI is InChI=1S/C21H25N5O/c1-15(2)12-19(22)21(27)24-13-17-14-26(18-6-4-3-5-7-18)25-20(17)16-8-10-23-11-9-16/h3-11,14-15,19H,12-13,22H2,1-2H3,(H,24,27)/t19-/m0/s1. The predicted molar refractivity (Wildman–Crippen MR) is 106 cm³/mol. The van der Waals surface area contributed by atoms with Crippen molar-refractivity contribution in [1.29, 1.82) is 0 Å². The average molecular weight is 363 g/mol. The molecule has 3 aromatic rings. The van der Waals surface area contributed by atoms with Gasteiger partial charge in [0.25, 0.3) is 0 Å². The highest BCUT2D eigenvalue weighted by Gasteiger charge is 2.17. The van der Waals surface area contributed by atoms with Crippen molar-refractivity contribution in [3.63, 3.8) is 0 Å². The van der Waals surface area contributed by atoms with E-state index in [1.54, 1.807) is 12.4 Å². The zero-order valence-corrected chi connectivity index (χ0v) is 15.7. The van der Waals surface area contributed by atoms with E-state index in [9.17, 15) is 4.79 Å². The van der Waals surface area contributed by atoms with Gasteiger partial charge in [-0.05, 0) is 36.6 Å². The zero-order chi connectivity index (χ0) is 19.2. The normalized spacial score (nSPS) is 12.1. The van der Waals surface area contributed by atoms with Gasteiger partial charge < -0.3 is 11.1 Å². The van der Waals surface area contributed by atoms with Crippen molar-refractivity contribution in [2.24, 2.45) is 11.7 Å². The van der Waals surface area contributed by atoms with Gasteiger partial charge in [-0.3, -0.25) is 9.78 Å². The lowest BCUT2D eigenvalue weighted by molar-refractivity contribution is -0.122. The molecule has 3 N–H and O–H groups in total. The number of nitrogens with two attached hydrogens (primary N) is 1. The lowest BCUT2D eigenvalue weighted by Gasteiger charge is -2.14. The summed E-state index contributed by atoms with van der Waals surface area (Å²) in [6.45, 7) is 4.48. The Hall–Kier alpha value is -2.99. The van der Waals surface area contributed by atoms with Gasteiger partial charge in [-0.15, -0.1) is 0 Å². The van der Waals surface area contributed by atoms with Crippen LogP contribution >= 0.6 is 0 Å². The second kappa shape index (κ2) is 8.60. The molecule has 1 aromatic carbocycles. The van der Waals surface area contributed by atoms with Crippen molar-refractivity contribution in [3.05, 3.63) is 66.6 Å². The predicted octanol–water partition coefficient (Wildman–Crippen LogP) is 2.92. The van der Waals surface area contributed by atoms with Gasteiger partial charge in [0, 0.05) is 36.3 Å². The first-order valence-corrected chi connectivity index (χ1v) is 9.12. The Labute approximate surface area is 159 Å². The third-order valence-electron chi connectivity index (χ3n) is 4.28. The molecule has 0 bridgehead atoms. The van der Waals surface area contributed by atoms with Gasteiger partial charge in [0.15, 0.2) is 0 Å². The first-order valence-electron chi connectivity index (χ1n) is 9.12. The van der Waals surface area contributed by atoms with Crippen LogP contribution in [0.2, 0.25) is 0 Å². The van der Waals surface area contributed by atoms with Crippen LogP contribution in [-0.2, 0) is 11.3 Å². The molecule has 27 heavy (non-hydrogen) atoms. The van der Waals surface area contributed by atoms with Crippen molar-refractivity contribution < 1.29 is 4.79 Å². The summed E-state index contributed by atoms with van der Waals surface area (Å²) in [5, 5.41) is 7.67. The number of hydrogen-bond acceptors (Lipinski definition) is 4. The Kier molecular flexibility index (Phi) is 5.98. The van der Waals surface area contributed by atoms with Crippen LogP contribution in [0.25, 0.3) is 16.9 Å². The minimum atomic E-state index is -0.501. The van der Waals surface area contributed by atoms with Crippen LogP contribution in [0.4, 0.5) is 0 Å². The number of rotatable bonds is 7. The fourth-order valence-electron chi connectivity index (χ4n) is 2.93. The van der Waals surface area contributed by atoms with Crippen LogP contribution in [-0.4, -0.2) is 26.7 Å². The van der Waals surface area contributed by atoms with Crippen molar-refractivity contribution >= 4 is 5.91 Å². The molecule has 6 nitrogen and oxygen atoms in total. The number of carbonyl (C=O) groups is 1. The molecule has 0 radical (unpaired) electrons. The smallest absolute Gasteiger partial charge is 0.237 e. The summed E-state index contributed by atoms with van der Waals surface area (Å²) in [7, 11) is 0. The highest BCUT2D eigenvalue weighted by molar-refractivity contribution is 5.81. The van der Waals surface area contributed by atoms with Gasteiger partial charge in [-0.1, -0.05) is 32.0 Å². The molecule has 2 heterocycles. The lowest BCUT2D eigenvalue weighted by atomic mass is 10.0. The third-order valence-corrected chi connectivity index (χ3v) is 4.28. The molecule has 0 aliphatic heterocycles. The van der Waals surface area contributed by atoms with Crippen LogP contribution in [0.5, 0.6) is 0 Å². The van der Waals surface area contributed by atoms with E-state index in [2.05, 4.69) is 24.1 Å². The molecule has 0 aliphatic carbocycles. The molecule has 3 rings (SSSR count). The Morgan fingerprint density at radius 3 is 2.52 bits per heavy atom. The Balaban J connectivity index is 1.85. The second-order valence-corrected chi connectivity index (χ2v) is 6.97. The molecular weight excluding hydrogens is 338 g/mol. The molecular formula is C21H25N5O. The number of para-hydroxylation sites is 1. The molecule has 0 saturated heterocycles. The molecule has 0 fully saturated rings. The van der Waals surface area contributed by atoms with Gasteiger partial charge in [-0.25, -0.2) is 4.68 Å². The summed E-state index contributed by atoms with van der Waals surface area (Å²) >= 11 is 0. The maximum absolute atomic E-state index is 12.3. The van der Waals surface area contributed by atoms with Gasteiger partial charge in [-0.2, -0.15) is 5.10 Å². The molecule has 140 valence electrons. The molecule has 0 aliphatic rings. The fourth-order valence-corrected chi connectivity index (χ4v) is 2.93. The summed E-state index contributed by atoms with van der Waals surface area (Å²) in [5.74, 6) is 0.232. The van der Waals surface area contributed by atoms with E-state index in [-0.39, 0.29) is 5.91 Å². The minimum absolute atomic E-state index is 0.142. The summed E-state index contributed by atoms with van der Waals surface area (Å²) in [6, 6.07) is 13.2. The SMILES string of the molecule is CC(C)C[C@H](N)C(=O)NCc1cn(-c2ccccc2)nc1-c1ccncc1. The largest absolute Gasteiger partial charge is 0.351 e. The average Bonchev–Trinajstić information content (AvgIpc) is 3.11. The zero-order valence-electron chi connectivity index (χ0n) is 15.7. The highest BCUT2D eigenvalue weighted by Crippen LogP contribution is 2.23. The summed E-state index contributed by atoms with van der Waals surface area (Å²) in [5.41, 5.74) is 9.65.